The highest BCUT2D eigenvalue weighted by Gasteiger charge is 2.23. The number of hydrogen-bond acceptors (Lipinski definition) is 4. The molecule has 1 saturated heterocycles. The molecule has 0 spiro atoms. The first-order chi connectivity index (χ1) is 10.2. The van der Waals surface area contributed by atoms with Crippen LogP contribution in [0.15, 0.2) is 24.3 Å². The molecule has 0 aliphatic carbocycles. The topological polar surface area (TPSA) is 65.4 Å². The van der Waals surface area contributed by atoms with Crippen molar-refractivity contribution in [1.82, 2.24) is 10.2 Å². The summed E-state index contributed by atoms with van der Waals surface area (Å²) in [5, 5.41) is 11.6. The van der Waals surface area contributed by atoms with Crippen LogP contribution in [0.1, 0.15) is 25.3 Å². The molecule has 1 aliphatic rings. The molecular formula is C16H21N3O2. The second-order valence-electron chi connectivity index (χ2n) is 5.15. The Morgan fingerprint density at radius 3 is 2.90 bits per heavy atom. The van der Waals surface area contributed by atoms with Gasteiger partial charge in [0.05, 0.1) is 11.6 Å². The molecule has 21 heavy (non-hydrogen) atoms. The lowest BCUT2D eigenvalue weighted by Crippen LogP contribution is -2.41. The third kappa shape index (κ3) is 4.47. The van der Waals surface area contributed by atoms with Crippen LogP contribution in [0.2, 0.25) is 0 Å². The van der Waals surface area contributed by atoms with Crippen LogP contribution in [-0.2, 0) is 4.79 Å². The van der Waals surface area contributed by atoms with Crippen molar-refractivity contribution < 1.29 is 9.53 Å². The van der Waals surface area contributed by atoms with Gasteiger partial charge in [0, 0.05) is 12.6 Å². The molecule has 2 rings (SSSR count). The van der Waals surface area contributed by atoms with E-state index >= 15 is 0 Å². The van der Waals surface area contributed by atoms with Gasteiger partial charge in [-0.2, -0.15) is 5.26 Å². The molecule has 0 bridgehead atoms. The Hall–Kier alpha value is -2.06. The van der Waals surface area contributed by atoms with Gasteiger partial charge in [-0.15, -0.1) is 0 Å². The molecule has 0 saturated carbocycles. The Morgan fingerprint density at radius 2 is 2.24 bits per heavy atom. The van der Waals surface area contributed by atoms with Crippen LogP contribution < -0.4 is 10.1 Å². The van der Waals surface area contributed by atoms with Crippen LogP contribution in [0, 0.1) is 11.3 Å². The number of rotatable bonds is 6. The van der Waals surface area contributed by atoms with Crippen molar-refractivity contribution in [2.45, 2.75) is 25.8 Å². The summed E-state index contributed by atoms with van der Waals surface area (Å²) in [5.74, 6) is 0.488. The number of likely N-dealkylation sites (N-methyl/N-ethyl adjacent to an activating group) is 1. The summed E-state index contributed by atoms with van der Waals surface area (Å²) in [4.78, 5) is 14.2. The van der Waals surface area contributed by atoms with E-state index in [1.165, 1.54) is 6.42 Å². The van der Waals surface area contributed by atoms with Crippen LogP contribution >= 0.6 is 0 Å². The second kappa shape index (κ2) is 7.65. The van der Waals surface area contributed by atoms with Crippen molar-refractivity contribution in [1.29, 1.82) is 5.26 Å². The van der Waals surface area contributed by atoms with Gasteiger partial charge < -0.3 is 10.1 Å². The molecule has 1 amide bonds. The van der Waals surface area contributed by atoms with Gasteiger partial charge in [-0.25, -0.2) is 0 Å². The minimum Gasteiger partial charge on any atom is -0.484 e. The van der Waals surface area contributed by atoms with Crippen LogP contribution in [0.3, 0.4) is 0 Å². The van der Waals surface area contributed by atoms with Crippen LogP contribution in [0.4, 0.5) is 0 Å². The Labute approximate surface area is 125 Å². The number of likely N-dealkylation sites (tertiary alicyclic amines) is 1. The highest BCUT2D eigenvalue weighted by molar-refractivity contribution is 5.77. The summed E-state index contributed by atoms with van der Waals surface area (Å²) in [6.07, 6.45) is 2.35. The summed E-state index contributed by atoms with van der Waals surface area (Å²) >= 11 is 0. The average molecular weight is 287 g/mol. The van der Waals surface area contributed by atoms with Crippen LogP contribution in [0.5, 0.6) is 5.75 Å². The van der Waals surface area contributed by atoms with E-state index < -0.39 is 0 Å². The van der Waals surface area contributed by atoms with E-state index in [1.54, 1.807) is 24.3 Å². The van der Waals surface area contributed by atoms with Gasteiger partial charge in [0.2, 0.25) is 0 Å². The van der Waals surface area contributed by atoms with E-state index in [0.29, 0.717) is 23.9 Å². The Balaban J connectivity index is 1.71. The summed E-state index contributed by atoms with van der Waals surface area (Å²) in [6, 6.07) is 9.23. The Morgan fingerprint density at radius 1 is 1.48 bits per heavy atom. The molecule has 1 heterocycles. The summed E-state index contributed by atoms with van der Waals surface area (Å²) in [7, 11) is 0. The number of carbonyl (C=O) groups is 1. The highest BCUT2D eigenvalue weighted by atomic mass is 16.5. The standard InChI is InChI=1S/C16H21N3O2/c1-2-19-9-3-4-14(19)11-18-16(20)12-21-15-7-5-13(10-17)6-8-15/h5-8,14H,2-4,9,11-12H2,1H3,(H,18,20)/t14-/m0/s1. The Kier molecular flexibility index (Phi) is 5.59. The zero-order valence-electron chi connectivity index (χ0n) is 12.3. The van der Waals surface area contributed by atoms with E-state index in [-0.39, 0.29) is 12.5 Å². The smallest absolute Gasteiger partial charge is 0.257 e. The first-order valence-corrected chi connectivity index (χ1v) is 7.36. The lowest BCUT2D eigenvalue weighted by Gasteiger charge is -2.22. The summed E-state index contributed by atoms with van der Waals surface area (Å²) in [5.41, 5.74) is 0.577. The molecule has 0 unspecified atom stereocenters. The molecule has 0 aromatic heterocycles. The molecule has 5 heteroatoms. The summed E-state index contributed by atoms with van der Waals surface area (Å²) < 4.78 is 5.40. The number of nitriles is 1. The number of amides is 1. The van der Waals surface area contributed by atoms with Crippen molar-refractivity contribution in [3.63, 3.8) is 0 Å². The van der Waals surface area contributed by atoms with E-state index in [2.05, 4.69) is 17.1 Å². The number of benzene rings is 1. The zero-order chi connectivity index (χ0) is 15.1. The van der Waals surface area contributed by atoms with Crippen molar-refractivity contribution in [3.8, 4) is 11.8 Å². The molecule has 1 N–H and O–H groups in total. The van der Waals surface area contributed by atoms with Gasteiger partial charge in [-0.3, -0.25) is 9.69 Å². The molecule has 1 atom stereocenters. The third-order valence-electron chi connectivity index (χ3n) is 3.79. The van der Waals surface area contributed by atoms with E-state index in [9.17, 15) is 4.79 Å². The molecule has 0 radical (unpaired) electrons. The lowest BCUT2D eigenvalue weighted by molar-refractivity contribution is -0.123. The normalized spacial score (nSPS) is 18.2. The molecule has 1 aromatic rings. The highest BCUT2D eigenvalue weighted by Crippen LogP contribution is 2.15. The maximum Gasteiger partial charge on any atom is 0.257 e. The maximum atomic E-state index is 11.8. The van der Waals surface area contributed by atoms with E-state index in [4.69, 9.17) is 10.00 Å². The van der Waals surface area contributed by atoms with Gasteiger partial charge in [0.1, 0.15) is 5.75 Å². The molecule has 1 fully saturated rings. The maximum absolute atomic E-state index is 11.8. The first-order valence-electron chi connectivity index (χ1n) is 7.36. The van der Waals surface area contributed by atoms with Crippen molar-refractivity contribution in [2.24, 2.45) is 0 Å². The van der Waals surface area contributed by atoms with Gasteiger partial charge in [0.15, 0.2) is 6.61 Å². The van der Waals surface area contributed by atoms with Gasteiger partial charge >= 0.3 is 0 Å². The van der Waals surface area contributed by atoms with Crippen molar-refractivity contribution >= 4 is 5.91 Å². The SMILES string of the molecule is CCN1CCC[C@H]1CNC(=O)COc1ccc(C#N)cc1. The molecular weight excluding hydrogens is 266 g/mol. The fourth-order valence-corrected chi connectivity index (χ4v) is 2.60. The van der Waals surface area contributed by atoms with E-state index in [1.807, 2.05) is 6.07 Å². The van der Waals surface area contributed by atoms with Gasteiger partial charge in [-0.1, -0.05) is 6.92 Å². The van der Waals surface area contributed by atoms with Crippen molar-refractivity contribution in [3.05, 3.63) is 29.8 Å². The monoisotopic (exact) mass is 287 g/mol. The number of hydrogen-bond donors (Lipinski definition) is 1. The van der Waals surface area contributed by atoms with Gasteiger partial charge in [0.25, 0.3) is 5.91 Å². The fraction of sp³-hybridized carbons (Fsp3) is 0.500. The second-order valence-corrected chi connectivity index (χ2v) is 5.15. The molecule has 1 aromatic carbocycles. The van der Waals surface area contributed by atoms with Gasteiger partial charge in [-0.05, 0) is 50.2 Å². The summed E-state index contributed by atoms with van der Waals surface area (Å²) in [6.45, 7) is 4.99. The first kappa shape index (κ1) is 15.3. The average Bonchev–Trinajstić information content (AvgIpc) is 2.99. The third-order valence-corrected chi connectivity index (χ3v) is 3.79. The zero-order valence-corrected chi connectivity index (χ0v) is 12.3. The number of carbonyl (C=O) groups excluding carboxylic acids is 1. The number of nitrogens with zero attached hydrogens (tertiary/aromatic N) is 2. The largest absolute Gasteiger partial charge is 0.484 e. The fourth-order valence-electron chi connectivity index (χ4n) is 2.60. The molecule has 112 valence electrons. The Bertz CT molecular complexity index is 507. The molecule has 5 nitrogen and oxygen atoms in total. The molecule has 1 aliphatic heterocycles. The minimum atomic E-state index is -0.109. The predicted octanol–water partition coefficient (Wildman–Crippen LogP) is 1.54. The van der Waals surface area contributed by atoms with E-state index in [0.717, 1.165) is 19.5 Å². The minimum absolute atomic E-state index is 0.00471. The number of ether oxygens (including phenoxy) is 1. The quantitative estimate of drug-likeness (QED) is 0.862. The predicted molar refractivity (Wildman–Crippen MR) is 79.9 cm³/mol. The van der Waals surface area contributed by atoms with Crippen molar-refractivity contribution in [2.75, 3.05) is 26.2 Å². The number of nitrogens with one attached hydrogen (secondary N) is 1. The lowest BCUT2D eigenvalue weighted by atomic mass is 10.2. The van der Waals surface area contributed by atoms with Crippen LogP contribution in [0.25, 0.3) is 0 Å². The van der Waals surface area contributed by atoms with Crippen LogP contribution in [-0.4, -0.2) is 43.1 Å².